The lowest BCUT2D eigenvalue weighted by atomic mass is 10.1. The van der Waals surface area contributed by atoms with Crippen molar-refractivity contribution in [3.63, 3.8) is 0 Å². The summed E-state index contributed by atoms with van der Waals surface area (Å²) in [6.45, 7) is 6.48. The third kappa shape index (κ3) is 4.75. The lowest BCUT2D eigenvalue weighted by Crippen LogP contribution is -2.17. The average Bonchev–Trinajstić information content (AvgIpc) is 2.95. The van der Waals surface area contributed by atoms with Crippen molar-refractivity contribution in [1.82, 2.24) is 9.88 Å². The fourth-order valence-electron chi connectivity index (χ4n) is 2.70. The van der Waals surface area contributed by atoms with E-state index in [4.69, 9.17) is 0 Å². The van der Waals surface area contributed by atoms with Crippen LogP contribution in [0.1, 0.15) is 50.3 Å². The molecular weight excluding hydrogens is 256 g/mol. The van der Waals surface area contributed by atoms with E-state index in [0.717, 1.165) is 13.1 Å². The van der Waals surface area contributed by atoms with Gasteiger partial charge in [-0.15, -0.1) is 0 Å². The third-order valence-corrected chi connectivity index (χ3v) is 3.97. The van der Waals surface area contributed by atoms with E-state index in [1.807, 2.05) is 0 Å². The van der Waals surface area contributed by atoms with Crippen LogP contribution in [0.25, 0.3) is 5.69 Å². The number of nitrogens with one attached hydrogen (secondary N) is 1. The van der Waals surface area contributed by atoms with Crippen molar-refractivity contribution in [3.8, 4) is 5.69 Å². The van der Waals surface area contributed by atoms with E-state index in [1.54, 1.807) is 0 Å². The third-order valence-electron chi connectivity index (χ3n) is 3.97. The van der Waals surface area contributed by atoms with Crippen molar-refractivity contribution < 1.29 is 0 Å². The minimum atomic E-state index is 0.940. The fourth-order valence-corrected chi connectivity index (χ4v) is 2.70. The number of benzene rings is 1. The van der Waals surface area contributed by atoms with Crippen LogP contribution < -0.4 is 5.32 Å². The Labute approximate surface area is 129 Å². The second kappa shape index (κ2) is 8.68. The summed E-state index contributed by atoms with van der Waals surface area (Å²) in [5, 5.41) is 3.57. The van der Waals surface area contributed by atoms with Crippen LogP contribution in [0.4, 0.5) is 0 Å². The van der Waals surface area contributed by atoms with Gasteiger partial charge in [0, 0.05) is 24.1 Å². The van der Waals surface area contributed by atoms with E-state index >= 15 is 0 Å². The lowest BCUT2D eigenvalue weighted by Gasteiger charge is -2.12. The largest absolute Gasteiger partial charge is 0.319 e. The van der Waals surface area contributed by atoms with E-state index in [1.165, 1.54) is 49.0 Å². The Bertz CT molecular complexity index is 528. The van der Waals surface area contributed by atoms with Crippen LogP contribution in [0.3, 0.4) is 0 Å². The van der Waals surface area contributed by atoms with Gasteiger partial charge in [-0.3, -0.25) is 0 Å². The molecule has 2 aromatic rings. The molecule has 0 aliphatic rings. The Morgan fingerprint density at radius 3 is 2.57 bits per heavy atom. The topological polar surface area (TPSA) is 17.0 Å². The van der Waals surface area contributed by atoms with Crippen LogP contribution in [0.5, 0.6) is 0 Å². The summed E-state index contributed by atoms with van der Waals surface area (Å²) in [5.74, 6) is 0. The van der Waals surface area contributed by atoms with Crippen molar-refractivity contribution in [2.45, 2.75) is 52.5 Å². The molecule has 0 aliphatic heterocycles. The number of unbranched alkanes of at least 4 members (excludes halogenated alkanes) is 4. The monoisotopic (exact) mass is 284 g/mol. The molecule has 0 saturated heterocycles. The van der Waals surface area contributed by atoms with Crippen LogP contribution in [0.15, 0.2) is 42.6 Å². The first kappa shape index (κ1) is 15.8. The first-order chi connectivity index (χ1) is 10.3. The number of para-hydroxylation sites is 1. The Hall–Kier alpha value is -1.54. The van der Waals surface area contributed by atoms with Gasteiger partial charge in [-0.2, -0.15) is 0 Å². The number of rotatable bonds is 9. The van der Waals surface area contributed by atoms with Gasteiger partial charge in [0.1, 0.15) is 0 Å². The molecule has 1 aromatic carbocycles. The van der Waals surface area contributed by atoms with Crippen molar-refractivity contribution in [2.75, 3.05) is 6.54 Å². The molecule has 1 N–H and O–H groups in total. The molecule has 0 bridgehead atoms. The van der Waals surface area contributed by atoms with Gasteiger partial charge in [-0.1, -0.05) is 50.8 Å². The molecule has 2 heteroatoms. The molecule has 114 valence electrons. The van der Waals surface area contributed by atoms with E-state index in [-0.39, 0.29) is 0 Å². The van der Waals surface area contributed by atoms with Crippen molar-refractivity contribution >= 4 is 0 Å². The SMILES string of the molecule is CCCCCCCNCc1cccn1-c1ccccc1C. The number of aromatic nitrogens is 1. The quantitative estimate of drug-likeness (QED) is 0.652. The maximum absolute atomic E-state index is 3.57. The Balaban J connectivity index is 1.83. The molecule has 0 aliphatic carbocycles. The zero-order valence-electron chi connectivity index (χ0n) is 13.4. The summed E-state index contributed by atoms with van der Waals surface area (Å²) >= 11 is 0. The van der Waals surface area contributed by atoms with Gasteiger partial charge in [0.25, 0.3) is 0 Å². The molecule has 21 heavy (non-hydrogen) atoms. The van der Waals surface area contributed by atoms with Crippen LogP contribution in [0.2, 0.25) is 0 Å². The molecule has 0 unspecified atom stereocenters. The summed E-state index contributed by atoms with van der Waals surface area (Å²) < 4.78 is 2.29. The van der Waals surface area contributed by atoms with Gasteiger partial charge in [-0.25, -0.2) is 0 Å². The van der Waals surface area contributed by atoms with Crippen LogP contribution in [-0.2, 0) is 6.54 Å². The molecule has 0 fully saturated rings. The van der Waals surface area contributed by atoms with Gasteiger partial charge in [0.15, 0.2) is 0 Å². The highest BCUT2D eigenvalue weighted by Gasteiger charge is 2.04. The number of aryl methyl sites for hydroxylation is 1. The molecule has 2 nitrogen and oxygen atoms in total. The summed E-state index contributed by atoms with van der Waals surface area (Å²) in [5.41, 5.74) is 3.93. The van der Waals surface area contributed by atoms with Crippen molar-refractivity contribution in [3.05, 3.63) is 53.9 Å². The minimum absolute atomic E-state index is 0.940. The van der Waals surface area contributed by atoms with Crippen molar-refractivity contribution in [2.24, 2.45) is 0 Å². The summed E-state index contributed by atoms with van der Waals surface area (Å²) in [6.07, 6.45) is 8.84. The maximum Gasteiger partial charge on any atom is 0.0481 e. The molecule has 1 aromatic heterocycles. The molecular formula is C19H28N2. The number of hydrogen-bond donors (Lipinski definition) is 1. The molecule has 0 spiro atoms. The lowest BCUT2D eigenvalue weighted by molar-refractivity contribution is 0.577. The normalized spacial score (nSPS) is 11.0. The van der Waals surface area contributed by atoms with Gasteiger partial charge < -0.3 is 9.88 Å². The molecule has 1 heterocycles. The molecule has 0 saturated carbocycles. The van der Waals surface area contributed by atoms with E-state index < -0.39 is 0 Å². The standard InChI is InChI=1S/C19H28N2/c1-3-4-5-6-9-14-20-16-18-12-10-15-21(18)19-13-8-7-11-17(19)2/h7-8,10-13,15,20H,3-6,9,14,16H2,1-2H3. The summed E-state index contributed by atoms with van der Waals surface area (Å²) in [4.78, 5) is 0. The van der Waals surface area contributed by atoms with Gasteiger partial charge in [0.05, 0.1) is 0 Å². The minimum Gasteiger partial charge on any atom is -0.319 e. The van der Waals surface area contributed by atoms with Crippen molar-refractivity contribution in [1.29, 1.82) is 0 Å². The van der Waals surface area contributed by atoms with E-state index in [0.29, 0.717) is 0 Å². The smallest absolute Gasteiger partial charge is 0.0481 e. The highest BCUT2D eigenvalue weighted by molar-refractivity contribution is 5.42. The predicted molar refractivity (Wildman–Crippen MR) is 91.0 cm³/mol. The van der Waals surface area contributed by atoms with Gasteiger partial charge >= 0.3 is 0 Å². The fraction of sp³-hybridized carbons (Fsp3) is 0.474. The molecule has 2 rings (SSSR count). The average molecular weight is 284 g/mol. The van der Waals surface area contributed by atoms with Crippen LogP contribution in [-0.4, -0.2) is 11.1 Å². The Morgan fingerprint density at radius 2 is 1.76 bits per heavy atom. The maximum atomic E-state index is 3.57. The summed E-state index contributed by atoms with van der Waals surface area (Å²) in [6, 6.07) is 12.9. The molecule has 0 amide bonds. The first-order valence-corrected chi connectivity index (χ1v) is 8.26. The van der Waals surface area contributed by atoms with E-state index in [2.05, 4.69) is 66.3 Å². The summed E-state index contributed by atoms with van der Waals surface area (Å²) in [7, 11) is 0. The second-order valence-corrected chi connectivity index (χ2v) is 5.75. The van der Waals surface area contributed by atoms with Crippen LogP contribution >= 0.6 is 0 Å². The zero-order chi connectivity index (χ0) is 14.9. The highest BCUT2D eigenvalue weighted by atomic mass is 15.0. The first-order valence-electron chi connectivity index (χ1n) is 8.26. The Morgan fingerprint density at radius 1 is 0.952 bits per heavy atom. The number of nitrogens with zero attached hydrogens (tertiary/aromatic N) is 1. The zero-order valence-corrected chi connectivity index (χ0v) is 13.4. The van der Waals surface area contributed by atoms with Crippen LogP contribution in [0, 0.1) is 6.92 Å². The highest BCUT2D eigenvalue weighted by Crippen LogP contribution is 2.16. The Kier molecular flexibility index (Phi) is 6.55. The predicted octanol–water partition coefficient (Wildman–Crippen LogP) is 4.85. The van der Waals surface area contributed by atoms with E-state index in [9.17, 15) is 0 Å². The molecule has 0 atom stereocenters. The molecule has 0 radical (unpaired) electrons. The van der Waals surface area contributed by atoms with Gasteiger partial charge in [0.2, 0.25) is 0 Å². The van der Waals surface area contributed by atoms with Gasteiger partial charge in [-0.05, 0) is 43.7 Å². The number of hydrogen-bond acceptors (Lipinski definition) is 1. The second-order valence-electron chi connectivity index (χ2n) is 5.75.